The lowest BCUT2D eigenvalue weighted by Crippen LogP contribution is -2.23. The summed E-state index contributed by atoms with van der Waals surface area (Å²) < 4.78 is 0. The van der Waals surface area contributed by atoms with Crippen LogP contribution in [-0.2, 0) is 6.42 Å². The first-order valence-electron chi connectivity index (χ1n) is 6.29. The molecule has 0 heterocycles. The summed E-state index contributed by atoms with van der Waals surface area (Å²) in [5.74, 6) is 0.00156. The van der Waals surface area contributed by atoms with Crippen LogP contribution in [0.1, 0.15) is 52.6 Å². The van der Waals surface area contributed by atoms with Crippen LogP contribution in [0.5, 0.6) is 0 Å². The van der Waals surface area contributed by atoms with Crippen molar-refractivity contribution in [3.05, 3.63) is 33.9 Å². The molecular formula is C15H20O3. The molecule has 0 radical (unpaired) electrons. The molecule has 3 nitrogen and oxygen atoms in total. The predicted octanol–water partition coefficient (Wildman–Crippen LogP) is 2.09. The van der Waals surface area contributed by atoms with Gasteiger partial charge in [-0.05, 0) is 56.4 Å². The van der Waals surface area contributed by atoms with Crippen LogP contribution in [0.4, 0.5) is 0 Å². The van der Waals surface area contributed by atoms with Crippen LogP contribution in [0, 0.1) is 19.3 Å². The second-order valence-electron chi connectivity index (χ2n) is 5.69. The van der Waals surface area contributed by atoms with Gasteiger partial charge in [0.25, 0.3) is 0 Å². The normalized spacial score (nSPS) is 21.2. The van der Waals surface area contributed by atoms with Crippen molar-refractivity contribution in [3.8, 4) is 0 Å². The summed E-state index contributed by atoms with van der Waals surface area (Å²) in [6, 6.07) is 1.89. The Hall–Kier alpha value is -1.19. The first-order chi connectivity index (χ1) is 8.32. The van der Waals surface area contributed by atoms with Crippen LogP contribution < -0.4 is 0 Å². The average Bonchev–Trinajstić information content (AvgIpc) is 2.46. The van der Waals surface area contributed by atoms with Crippen molar-refractivity contribution in [2.45, 2.75) is 40.2 Å². The summed E-state index contributed by atoms with van der Waals surface area (Å²) in [6.07, 6.45) is -0.185. The zero-order chi connectivity index (χ0) is 13.7. The van der Waals surface area contributed by atoms with Gasteiger partial charge in [-0.3, -0.25) is 4.79 Å². The molecule has 0 amide bonds. The lowest BCUT2D eigenvalue weighted by atomic mass is 9.86. The number of ketones is 1. The van der Waals surface area contributed by atoms with E-state index in [1.807, 2.05) is 19.9 Å². The number of aliphatic hydroxyl groups excluding tert-OH is 2. The zero-order valence-corrected chi connectivity index (χ0v) is 11.4. The molecule has 1 aromatic rings. The quantitative estimate of drug-likeness (QED) is 0.842. The molecule has 1 atom stereocenters. The van der Waals surface area contributed by atoms with E-state index in [9.17, 15) is 9.90 Å². The summed E-state index contributed by atoms with van der Waals surface area (Å²) in [6.45, 7) is 7.49. The maximum absolute atomic E-state index is 12.4. The summed E-state index contributed by atoms with van der Waals surface area (Å²) in [7, 11) is 0. The fourth-order valence-corrected chi connectivity index (χ4v) is 2.90. The van der Waals surface area contributed by atoms with Crippen molar-refractivity contribution in [1.82, 2.24) is 0 Å². The minimum absolute atomic E-state index is 0.00156. The lowest BCUT2D eigenvalue weighted by Gasteiger charge is -2.20. The van der Waals surface area contributed by atoms with Gasteiger partial charge >= 0.3 is 0 Å². The van der Waals surface area contributed by atoms with Gasteiger partial charge in [0.1, 0.15) is 0 Å². The summed E-state index contributed by atoms with van der Waals surface area (Å²) in [5.41, 5.74) is 3.61. The molecule has 3 heteroatoms. The number of Topliss-reactive ketones (excluding diaryl/α,β-unsaturated/α-hetero) is 1. The molecule has 0 unspecified atom stereocenters. The molecule has 0 bridgehead atoms. The first kappa shape index (κ1) is 13.2. The van der Waals surface area contributed by atoms with Crippen LogP contribution in [0.25, 0.3) is 0 Å². The van der Waals surface area contributed by atoms with Gasteiger partial charge in [-0.1, -0.05) is 6.07 Å². The van der Waals surface area contributed by atoms with E-state index in [1.165, 1.54) is 0 Å². The molecule has 2 N–H and O–H groups in total. The van der Waals surface area contributed by atoms with E-state index in [0.717, 1.165) is 22.3 Å². The van der Waals surface area contributed by atoms with E-state index < -0.39 is 11.5 Å². The van der Waals surface area contributed by atoms with Crippen LogP contribution in [0.15, 0.2) is 6.07 Å². The highest BCUT2D eigenvalue weighted by molar-refractivity contribution is 6.06. The number of hydrogen-bond acceptors (Lipinski definition) is 3. The fraction of sp³-hybridized carbons (Fsp3) is 0.533. The smallest absolute Gasteiger partial charge is 0.172 e. The molecule has 0 aromatic heterocycles. The summed E-state index contributed by atoms with van der Waals surface area (Å²) in [4.78, 5) is 12.4. The Morgan fingerprint density at radius 2 is 1.94 bits per heavy atom. The van der Waals surface area contributed by atoms with Gasteiger partial charge in [0.15, 0.2) is 5.78 Å². The van der Waals surface area contributed by atoms with Crippen molar-refractivity contribution in [1.29, 1.82) is 0 Å². The first-order valence-corrected chi connectivity index (χ1v) is 6.29. The van der Waals surface area contributed by atoms with E-state index in [4.69, 9.17) is 5.11 Å². The number of rotatable bonds is 2. The third-order valence-corrected chi connectivity index (χ3v) is 4.12. The second-order valence-corrected chi connectivity index (χ2v) is 5.69. The van der Waals surface area contributed by atoms with E-state index in [0.29, 0.717) is 12.0 Å². The maximum atomic E-state index is 12.4. The molecule has 0 saturated heterocycles. The molecule has 1 aromatic carbocycles. The molecule has 18 heavy (non-hydrogen) atoms. The van der Waals surface area contributed by atoms with Crippen molar-refractivity contribution in [2.24, 2.45) is 5.41 Å². The van der Waals surface area contributed by atoms with Gasteiger partial charge in [-0.2, -0.15) is 0 Å². The number of carbonyl (C=O) groups excluding carboxylic acids is 1. The van der Waals surface area contributed by atoms with Gasteiger partial charge in [-0.25, -0.2) is 0 Å². The highest BCUT2D eigenvalue weighted by Crippen LogP contribution is 2.47. The topological polar surface area (TPSA) is 57.5 Å². The third kappa shape index (κ3) is 1.62. The van der Waals surface area contributed by atoms with E-state index in [2.05, 4.69) is 0 Å². The van der Waals surface area contributed by atoms with Gasteiger partial charge in [0.05, 0.1) is 11.5 Å². The van der Waals surface area contributed by atoms with Crippen LogP contribution in [-0.4, -0.2) is 22.6 Å². The molecule has 1 aliphatic carbocycles. The number of carbonyl (C=O) groups is 1. The summed E-state index contributed by atoms with van der Waals surface area (Å²) >= 11 is 0. The average molecular weight is 248 g/mol. The Balaban J connectivity index is 2.69. The van der Waals surface area contributed by atoms with Crippen molar-refractivity contribution in [2.75, 3.05) is 6.61 Å². The zero-order valence-electron chi connectivity index (χ0n) is 11.4. The lowest BCUT2D eigenvalue weighted by molar-refractivity contribution is 0.0491. The Morgan fingerprint density at radius 3 is 2.50 bits per heavy atom. The Bertz CT molecular complexity index is 515. The van der Waals surface area contributed by atoms with Crippen LogP contribution in [0.3, 0.4) is 0 Å². The molecular weight excluding hydrogens is 228 g/mol. The SMILES string of the molecule is Cc1cc2c(c(C)c1CCO)C(=O)C(C)(C)[C@@H]2O. The summed E-state index contributed by atoms with van der Waals surface area (Å²) in [5, 5.41) is 19.4. The second kappa shape index (κ2) is 4.18. The third-order valence-electron chi connectivity index (χ3n) is 4.12. The molecule has 0 saturated carbocycles. The monoisotopic (exact) mass is 248 g/mol. The van der Waals surface area contributed by atoms with E-state index in [1.54, 1.807) is 13.8 Å². The minimum Gasteiger partial charge on any atom is -0.396 e. The fourth-order valence-electron chi connectivity index (χ4n) is 2.90. The van der Waals surface area contributed by atoms with E-state index in [-0.39, 0.29) is 12.4 Å². The molecule has 0 spiro atoms. The number of fused-ring (bicyclic) bond motifs is 1. The maximum Gasteiger partial charge on any atom is 0.172 e. The molecule has 98 valence electrons. The van der Waals surface area contributed by atoms with E-state index >= 15 is 0 Å². The van der Waals surface area contributed by atoms with Gasteiger partial charge in [0, 0.05) is 12.2 Å². The Morgan fingerprint density at radius 1 is 1.33 bits per heavy atom. The Kier molecular flexibility index (Phi) is 3.07. The molecule has 2 rings (SSSR count). The minimum atomic E-state index is -0.753. The van der Waals surface area contributed by atoms with Crippen molar-refractivity contribution in [3.63, 3.8) is 0 Å². The number of hydrogen-bond donors (Lipinski definition) is 2. The largest absolute Gasteiger partial charge is 0.396 e. The molecule has 1 aliphatic rings. The predicted molar refractivity (Wildman–Crippen MR) is 69.8 cm³/mol. The van der Waals surface area contributed by atoms with Gasteiger partial charge in [-0.15, -0.1) is 0 Å². The molecule has 0 fully saturated rings. The Labute approximate surface area is 107 Å². The standard InChI is InChI=1S/C15H20O3/c1-8-7-11-12(9(2)10(8)5-6-16)14(18)15(3,4)13(11)17/h7,13,16-17H,5-6H2,1-4H3/t13-/m1/s1. The van der Waals surface area contributed by atoms with Crippen LogP contribution >= 0.6 is 0 Å². The number of aryl methyl sites for hydroxylation is 1. The van der Waals surface area contributed by atoms with Crippen LogP contribution in [0.2, 0.25) is 0 Å². The number of aliphatic hydroxyl groups is 2. The molecule has 0 aliphatic heterocycles. The highest BCUT2D eigenvalue weighted by atomic mass is 16.3. The highest BCUT2D eigenvalue weighted by Gasteiger charge is 2.46. The number of benzene rings is 1. The van der Waals surface area contributed by atoms with Crippen molar-refractivity contribution >= 4 is 5.78 Å². The van der Waals surface area contributed by atoms with Crippen molar-refractivity contribution < 1.29 is 15.0 Å². The van der Waals surface area contributed by atoms with Gasteiger partial charge in [0.2, 0.25) is 0 Å². The van der Waals surface area contributed by atoms with Gasteiger partial charge < -0.3 is 10.2 Å².